The van der Waals surface area contributed by atoms with E-state index in [0.717, 1.165) is 12.8 Å². The van der Waals surface area contributed by atoms with E-state index >= 15 is 0 Å². The Balaban J connectivity index is 3.49. The summed E-state index contributed by atoms with van der Waals surface area (Å²) in [5.74, 6) is 0.122. The molecule has 4 heteroatoms. The predicted molar refractivity (Wildman–Crippen MR) is 41.4 cm³/mol. The first-order valence-corrected chi connectivity index (χ1v) is 5.14. The van der Waals surface area contributed by atoms with Crippen LogP contribution in [0.1, 0.15) is 26.7 Å². The lowest BCUT2D eigenvalue weighted by atomic mass is 10.3. The second-order valence-electron chi connectivity index (χ2n) is 2.08. The van der Waals surface area contributed by atoms with Gasteiger partial charge in [0.1, 0.15) is 0 Å². The average Bonchev–Trinajstić information content (AvgIpc) is 1.89. The molecule has 0 spiro atoms. The SMILES string of the molecule is CCCC[N]S(=O)(=O)CC. The third-order valence-electron chi connectivity index (χ3n) is 1.16. The summed E-state index contributed by atoms with van der Waals surface area (Å²) in [6.45, 7) is 4.06. The van der Waals surface area contributed by atoms with Gasteiger partial charge in [-0.3, -0.25) is 0 Å². The van der Waals surface area contributed by atoms with E-state index in [-0.39, 0.29) is 5.75 Å². The highest BCUT2D eigenvalue weighted by molar-refractivity contribution is 7.89. The van der Waals surface area contributed by atoms with E-state index in [1.54, 1.807) is 6.92 Å². The van der Waals surface area contributed by atoms with Gasteiger partial charge in [-0.05, 0) is 13.3 Å². The Kier molecular flexibility index (Phi) is 4.64. The Labute approximate surface area is 62.9 Å². The van der Waals surface area contributed by atoms with Gasteiger partial charge in [-0.25, -0.2) is 8.42 Å². The van der Waals surface area contributed by atoms with Gasteiger partial charge in [0.25, 0.3) is 0 Å². The van der Waals surface area contributed by atoms with Crippen LogP contribution in [0, 0.1) is 0 Å². The van der Waals surface area contributed by atoms with Gasteiger partial charge < -0.3 is 0 Å². The maximum absolute atomic E-state index is 10.7. The van der Waals surface area contributed by atoms with Gasteiger partial charge in [-0.2, -0.15) is 0 Å². The Morgan fingerprint density at radius 3 is 2.30 bits per heavy atom. The quantitative estimate of drug-likeness (QED) is 0.563. The van der Waals surface area contributed by atoms with Crippen molar-refractivity contribution in [3.63, 3.8) is 0 Å². The molecular formula is C6H14NO2S. The van der Waals surface area contributed by atoms with Crippen LogP contribution in [-0.4, -0.2) is 20.7 Å². The molecule has 0 aromatic rings. The maximum Gasteiger partial charge on any atom is 0.227 e. The monoisotopic (exact) mass is 164 g/mol. The Morgan fingerprint density at radius 2 is 1.90 bits per heavy atom. The Hall–Kier alpha value is -0.0900. The van der Waals surface area contributed by atoms with E-state index in [2.05, 4.69) is 4.72 Å². The zero-order valence-corrected chi connectivity index (χ0v) is 7.32. The van der Waals surface area contributed by atoms with Crippen LogP contribution in [-0.2, 0) is 10.0 Å². The second-order valence-corrected chi connectivity index (χ2v) is 4.08. The molecule has 0 aliphatic heterocycles. The van der Waals surface area contributed by atoms with Crippen molar-refractivity contribution in [2.75, 3.05) is 12.3 Å². The third kappa shape index (κ3) is 4.76. The minimum Gasteiger partial charge on any atom is -0.211 e. The highest BCUT2D eigenvalue weighted by atomic mass is 32.2. The molecule has 0 saturated heterocycles. The van der Waals surface area contributed by atoms with Crippen molar-refractivity contribution < 1.29 is 8.42 Å². The summed E-state index contributed by atoms with van der Waals surface area (Å²) in [4.78, 5) is 0. The summed E-state index contributed by atoms with van der Waals surface area (Å²) >= 11 is 0. The maximum atomic E-state index is 10.7. The summed E-state index contributed by atoms with van der Waals surface area (Å²) in [7, 11) is -3.07. The van der Waals surface area contributed by atoms with Crippen LogP contribution < -0.4 is 4.72 Å². The van der Waals surface area contributed by atoms with Gasteiger partial charge in [-0.15, -0.1) is 4.72 Å². The number of unbranched alkanes of at least 4 members (excludes halogenated alkanes) is 1. The van der Waals surface area contributed by atoms with Gasteiger partial charge >= 0.3 is 0 Å². The molecule has 0 bridgehead atoms. The molecule has 3 nitrogen and oxygen atoms in total. The predicted octanol–water partition coefficient (Wildman–Crippen LogP) is 0.741. The van der Waals surface area contributed by atoms with E-state index < -0.39 is 10.0 Å². The molecule has 1 radical (unpaired) electrons. The number of hydrogen-bond donors (Lipinski definition) is 0. The van der Waals surface area contributed by atoms with Crippen LogP contribution in [0.5, 0.6) is 0 Å². The molecule has 0 atom stereocenters. The van der Waals surface area contributed by atoms with Gasteiger partial charge in [-0.1, -0.05) is 13.3 Å². The number of sulfonamides is 1. The zero-order valence-electron chi connectivity index (χ0n) is 6.50. The van der Waals surface area contributed by atoms with Crippen molar-refractivity contribution in [3.8, 4) is 0 Å². The van der Waals surface area contributed by atoms with Gasteiger partial charge in [0.05, 0.1) is 5.75 Å². The van der Waals surface area contributed by atoms with E-state index in [1.807, 2.05) is 6.92 Å². The minimum absolute atomic E-state index is 0.122. The fourth-order valence-corrected chi connectivity index (χ4v) is 1.04. The van der Waals surface area contributed by atoms with Gasteiger partial charge in [0.15, 0.2) is 0 Å². The second kappa shape index (κ2) is 4.68. The summed E-state index contributed by atoms with van der Waals surface area (Å²) in [5, 5.41) is 0. The molecule has 0 fully saturated rings. The lowest BCUT2D eigenvalue weighted by molar-refractivity contribution is 0.578. The molecular weight excluding hydrogens is 150 g/mol. The Morgan fingerprint density at radius 1 is 1.30 bits per heavy atom. The summed E-state index contributed by atoms with van der Waals surface area (Å²) < 4.78 is 25.0. The van der Waals surface area contributed by atoms with Crippen LogP contribution in [0.15, 0.2) is 0 Å². The molecule has 0 aliphatic carbocycles. The van der Waals surface area contributed by atoms with Crippen LogP contribution in [0.2, 0.25) is 0 Å². The van der Waals surface area contributed by atoms with Crippen molar-refractivity contribution in [3.05, 3.63) is 0 Å². The van der Waals surface area contributed by atoms with Crippen LogP contribution in [0.3, 0.4) is 0 Å². The third-order valence-corrected chi connectivity index (χ3v) is 2.47. The van der Waals surface area contributed by atoms with Gasteiger partial charge in [0, 0.05) is 6.54 Å². The Bertz CT molecular complexity index is 163. The number of rotatable bonds is 5. The van der Waals surface area contributed by atoms with E-state index in [1.165, 1.54) is 0 Å². The minimum atomic E-state index is -3.07. The lowest BCUT2D eigenvalue weighted by Gasteiger charge is -1.98. The molecule has 0 saturated carbocycles. The number of nitrogens with zero attached hydrogens (tertiary/aromatic N) is 1. The van der Waals surface area contributed by atoms with E-state index in [9.17, 15) is 8.42 Å². The first kappa shape index (κ1) is 9.91. The molecule has 0 amide bonds. The molecule has 10 heavy (non-hydrogen) atoms. The molecule has 0 N–H and O–H groups in total. The first-order valence-electron chi connectivity index (χ1n) is 3.54. The molecule has 0 aromatic carbocycles. The standard InChI is InChI=1S/C6H14NO2S/c1-3-5-6-7-10(8,9)4-2/h3-6H2,1-2H3. The topological polar surface area (TPSA) is 48.2 Å². The first-order chi connectivity index (χ1) is 4.62. The summed E-state index contributed by atoms with van der Waals surface area (Å²) in [5.41, 5.74) is 0. The summed E-state index contributed by atoms with van der Waals surface area (Å²) in [6, 6.07) is 0. The largest absolute Gasteiger partial charge is 0.227 e. The molecule has 0 unspecified atom stereocenters. The average molecular weight is 164 g/mol. The highest BCUT2D eigenvalue weighted by Crippen LogP contribution is 1.89. The molecule has 0 heterocycles. The highest BCUT2D eigenvalue weighted by Gasteiger charge is 2.05. The van der Waals surface area contributed by atoms with Crippen LogP contribution >= 0.6 is 0 Å². The molecule has 0 rings (SSSR count). The normalized spacial score (nSPS) is 11.8. The lowest BCUT2D eigenvalue weighted by Crippen LogP contribution is -2.18. The zero-order chi connectivity index (χ0) is 8.04. The van der Waals surface area contributed by atoms with Crippen LogP contribution in [0.25, 0.3) is 0 Å². The fourth-order valence-electron chi connectivity index (χ4n) is 0.453. The van der Waals surface area contributed by atoms with Gasteiger partial charge in [0.2, 0.25) is 10.0 Å². The number of hydrogen-bond acceptors (Lipinski definition) is 2. The smallest absolute Gasteiger partial charge is 0.211 e. The van der Waals surface area contributed by atoms with Crippen molar-refractivity contribution in [1.82, 2.24) is 4.72 Å². The van der Waals surface area contributed by atoms with Crippen molar-refractivity contribution >= 4 is 10.0 Å². The van der Waals surface area contributed by atoms with Crippen molar-refractivity contribution in [2.45, 2.75) is 26.7 Å². The molecule has 0 aromatic heterocycles. The molecule has 61 valence electrons. The molecule has 0 aliphatic rings. The fraction of sp³-hybridized carbons (Fsp3) is 1.00. The van der Waals surface area contributed by atoms with Crippen molar-refractivity contribution in [1.29, 1.82) is 0 Å². The van der Waals surface area contributed by atoms with E-state index in [0.29, 0.717) is 6.54 Å². The van der Waals surface area contributed by atoms with E-state index in [4.69, 9.17) is 0 Å². The van der Waals surface area contributed by atoms with Crippen LogP contribution in [0.4, 0.5) is 0 Å². The van der Waals surface area contributed by atoms with Crippen molar-refractivity contribution in [2.24, 2.45) is 0 Å². The summed E-state index contributed by atoms with van der Waals surface area (Å²) in [6.07, 6.45) is 1.85.